The molecule has 0 atom stereocenters. The lowest BCUT2D eigenvalue weighted by atomic mass is 10.0. The number of aromatic nitrogens is 1. The molecular formula is C12H8F3NO2S. The second kappa shape index (κ2) is 4.65. The van der Waals surface area contributed by atoms with Gasteiger partial charge in [-0.3, -0.25) is 0 Å². The Balaban J connectivity index is 2.55. The highest BCUT2D eigenvalue weighted by Gasteiger charge is 2.35. The lowest BCUT2D eigenvalue weighted by Gasteiger charge is -2.04. The smallest absolute Gasteiger partial charge is 0.443 e. The molecule has 1 heterocycles. The lowest BCUT2D eigenvalue weighted by Crippen LogP contribution is -2.02. The van der Waals surface area contributed by atoms with Gasteiger partial charge in [0.2, 0.25) is 0 Å². The van der Waals surface area contributed by atoms with Crippen molar-refractivity contribution in [3.8, 4) is 10.4 Å². The van der Waals surface area contributed by atoms with Crippen LogP contribution in [0, 0.1) is 6.92 Å². The first-order chi connectivity index (χ1) is 8.79. The predicted molar refractivity (Wildman–Crippen MR) is 64.2 cm³/mol. The number of hydrogen-bond acceptors (Lipinski definition) is 3. The number of carboxylic acid groups (broad SMARTS) is 1. The molecule has 0 saturated heterocycles. The summed E-state index contributed by atoms with van der Waals surface area (Å²) in [6.07, 6.45) is -3.47. The summed E-state index contributed by atoms with van der Waals surface area (Å²) < 4.78 is 37.5. The topological polar surface area (TPSA) is 50.2 Å². The molecule has 7 heteroatoms. The standard InChI is InChI=1S/C12H8F3NO2S/c1-6-2-3-7(10(17)18)8(4-6)9-5-16-11(19-9)12(13,14)15/h2-5H,1H3,(H,17,18). The third kappa shape index (κ3) is 2.76. The molecule has 1 aromatic carbocycles. The van der Waals surface area contributed by atoms with Crippen molar-refractivity contribution in [1.82, 2.24) is 4.98 Å². The molecule has 0 aliphatic rings. The molecule has 1 N–H and O–H groups in total. The maximum Gasteiger partial charge on any atom is 0.443 e. The molecule has 0 radical (unpaired) electrons. The minimum atomic E-state index is -4.52. The van der Waals surface area contributed by atoms with Crippen LogP contribution < -0.4 is 0 Å². The van der Waals surface area contributed by atoms with Crippen molar-refractivity contribution in [2.75, 3.05) is 0 Å². The number of alkyl halides is 3. The zero-order valence-electron chi connectivity index (χ0n) is 9.65. The SMILES string of the molecule is Cc1ccc(C(=O)O)c(-c2cnc(C(F)(F)F)s2)c1. The van der Waals surface area contributed by atoms with Gasteiger partial charge in [-0.05, 0) is 19.1 Å². The van der Waals surface area contributed by atoms with E-state index in [0.29, 0.717) is 11.3 Å². The van der Waals surface area contributed by atoms with Crippen LogP contribution in [-0.2, 0) is 6.18 Å². The summed E-state index contributed by atoms with van der Waals surface area (Å²) in [7, 11) is 0. The molecule has 0 amide bonds. The van der Waals surface area contributed by atoms with E-state index in [1.165, 1.54) is 12.1 Å². The normalized spacial score (nSPS) is 11.6. The average Bonchev–Trinajstić information content (AvgIpc) is 2.77. The summed E-state index contributed by atoms with van der Waals surface area (Å²) in [6.45, 7) is 1.74. The van der Waals surface area contributed by atoms with Crippen LogP contribution in [0.1, 0.15) is 20.9 Å². The van der Waals surface area contributed by atoms with Gasteiger partial charge >= 0.3 is 12.1 Å². The van der Waals surface area contributed by atoms with E-state index in [9.17, 15) is 18.0 Å². The maximum absolute atomic E-state index is 12.5. The zero-order chi connectivity index (χ0) is 14.2. The zero-order valence-corrected chi connectivity index (χ0v) is 10.5. The number of halogens is 3. The van der Waals surface area contributed by atoms with E-state index >= 15 is 0 Å². The van der Waals surface area contributed by atoms with Crippen molar-refractivity contribution in [2.45, 2.75) is 13.1 Å². The number of hydrogen-bond donors (Lipinski definition) is 1. The van der Waals surface area contributed by atoms with Crippen LogP contribution in [-0.4, -0.2) is 16.1 Å². The van der Waals surface area contributed by atoms with Crippen LogP contribution in [0.2, 0.25) is 0 Å². The molecule has 3 nitrogen and oxygen atoms in total. The van der Waals surface area contributed by atoms with Gasteiger partial charge in [0.15, 0.2) is 5.01 Å². The quantitative estimate of drug-likeness (QED) is 0.913. The molecule has 100 valence electrons. The fourth-order valence-corrected chi connectivity index (χ4v) is 2.39. The van der Waals surface area contributed by atoms with Crippen molar-refractivity contribution in [1.29, 1.82) is 0 Å². The second-order valence-electron chi connectivity index (χ2n) is 3.88. The van der Waals surface area contributed by atoms with E-state index in [-0.39, 0.29) is 16.0 Å². The predicted octanol–water partition coefficient (Wildman–Crippen LogP) is 3.84. The van der Waals surface area contributed by atoms with Gasteiger partial charge in [0.1, 0.15) is 0 Å². The third-order valence-electron chi connectivity index (χ3n) is 2.42. The monoisotopic (exact) mass is 287 g/mol. The largest absolute Gasteiger partial charge is 0.478 e. The Bertz CT molecular complexity index is 634. The molecule has 0 bridgehead atoms. The van der Waals surface area contributed by atoms with E-state index in [1.54, 1.807) is 13.0 Å². The second-order valence-corrected chi connectivity index (χ2v) is 4.91. The Labute approximate surface area is 110 Å². The molecule has 1 aromatic heterocycles. The van der Waals surface area contributed by atoms with Crippen molar-refractivity contribution in [3.05, 3.63) is 40.5 Å². The number of rotatable bonds is 2. The van der Waals surface area contributed by atoms with Crippen LogP contribution >= 0.6 is 11.3 Å². The van der Waals surface area contributed by atoms with Crippen LogP contribution in [0.15, 0.2) is 24.4 Å². The van der Waals surface area contributed by atoms with E-state index in [1.807, 2.05) is 0 Å². The van der Waals surface area contributed by atoms with E-state index in [0.717, 1.165) is 11.8 Å². The van der Waals surface area contributed by atoms with Gasteiger partial charge in [0, 0.05) is 11.8 Å². The van der Waals surface area contributed by atoms with E-state index in [4.69, 9.17) is 5.11 Å². The minimum absolute atomic E-state index is 0.0389. The maximum atomic E-state index is 12.5. The fraction of sp³-hybridized carbons (Fsp3) is 0.167. The number of aromatic carboxylic acids is 1. The van der Waals surface area contributed by atoms with Crippen LogP contribution in [0.25, 0.3) is 10.4 Å². The molecule has 2 rings (SSSR count). The molecule has 0 aliphatic heterocycles. The molecular weight excluding hydrogens is 279 g/mol. The first-order valence-corrected chi connectivity index (χ1v) is 5.98. The first kappa shape index (κ1) is 13.5. The Kier molecular flexibility index (Phi) is 3.32. The van der Waals surface area contributed by atoms with Gasteiger partial charge in [0.25, 0.3) is 0 Å². The lowest BCUT2D eigenvalue weighted by molar-refractivity contribution is -0.137. The number of thiazole rings is 1. The molecule has 0 spiro atoms. The van der Waals surface area contributed by atoms with E-state index in [2.05, 4.69) is 4.98 Å². The Morgan fingerprint density at radius 3 is 2.58 bits per heavy atom. The van der Waals surface area contributed by atoms with Crippen LogP contribution in [0.4, 0.5) is 13.2 Å². The number of aryl methyl sites for hydroxylation is 1. The molecule has 2 aromatic rings. The number of carboxylic acids is 1. The van der Waals surface area contributed by atoms with Crippen molar-refractivity contribution in [2.24, 2.45) is 0 Å². The number of carbonyl (C=O) groups is 1. The van der Waals surface area contributed by atoms with Gasteiger partial charge in [-0.25, -0.2) is 9.78 Å². The highest BCUT2D eigenvalue weighted by molar-refractivity contribution is 7.15. The Hall–Kier alpha value is -1.89. The van der Waals surface area contributed by atoms with Crippen LogP contribution in [0.5, 0.6) is 0 Å². The molecule has 0 unspecified atom stereocenters. The summed E-state index contributed by atoms with van der Waals surface area (Å²) in [5.74, 6) is -1.18. The fourth-order valence-electron chi connectivity index (χ4n) is 1.58. The van der Waals surface area contributed by atoms with Crippen molar-refractivity contribution in [3.63, 3.8) is 0 Å². The van der Waals surface area contributed by atoms with Gasteiger partial charge in [-0.15, -0.1) is 11.3 Å². The van der Waals surface area contributed by atoms with Gasteiger partial charge in [0.05, 0.1) is 10.4 Å². The summed E-state index contributed by atoms with van der Waals surface area (Å²) in [5.41, 5.74) is 0.977. The minimum Gasteiger partial charge on any atom is -0.478 e. The molecule has 0 aliphatic carbocycles. The summed E-state index contributed by atoms with van der Waals surface area (Å²) in [5, 5.41) is 8.06. The van der Waals surface area contributed by atoms with Gasteiger partial charge in [-0.2, -0.15) is 13.2 Å². The number of nitrogens with zero attached hydrogens (tertiary/aromatic N) is 1. The number of benzene rings is 1. The summed E-state index contributed by atoms with van der Waals surface area (Å²) in [6, 6.07) is 4.51. The molecule has 19 heavy (non-hydrogen) atoms. The van der Waals surface area contributed by atoms with Gasteiger partial charge in [-0.1, -0.05) is 11.6 Å². The van der Waals surface area contributed by atoms with Crippen LogP contribution in [0.3, 0.4) is 0 Å². The Morgan fingerprint density at radius 2 is 2.05 bits per heavy atom. The highest BCUT2D eigenvalue weighted by Crippen LogP contribution is 2.37. The van der Waals surface area contributed by atoms with Crippen molar-refractivity contribution < 1.29 is 23.1 Å². The molecule has 0 saturated carbocycles. The summed E-state index contributed by atoms with van der Waals surface area (Å²) in [4.78, 5) is 14.6. The first-order valence-electron chi connectivity index (χ1n) is 5.16. The molecule has 0 fully saturated rings. The Morgan fingerprint density at radius 1 is 1.37 bits per heavy atom. The van der Waals surface area contributed by atoms with Gasteiger partial charge < -0.3 is 5.11 Å². The highest BCUT2D eigenvalue weighted by atomic mass is 32.1. The summed E-state index contributed by atoms with van der Waals surface area (Å²) >= 11 is 0.434. The van der Waals surface area contributed by atoms with E-state index < -0.39 is 17.2 Å². The third-order valence-corrected chi connectivity index (χ3v) is 3.49. The average molecular weight is 287 g/mol. The van der Waals surface area contributed by atoms with Crippen molar-refractivity contribution >= 4 is 17.3 Å².